The number of nitrogens with one attached hydrogen (secondary N) is 1. The van der Waals surface area contributed by atoms with Crippen LogP contribution in [0.15, 0.2) is 24.3 Å². The molecule has 1 N–H and O–H groups in total. The third-order valence-corrected chi connectivity index (χ3v) is 2.67. The zero-order valence-electron chi connectivity index (χ0n) is 12.8. The van der Waals surface area contributed by atoms with Gasteiger partial charge in [0.15, 0.2) is 0 Å². The topological polar surface area (TPSA) is 90.9 Å². The maximum Gasteiger partial charge on any atom is 0.330 e. The summed E-state index contributed by atoms with van der Waals surface area (Å²) in [5.74, 6) is -4.00. The Balaban J connectivity index is 2.96. The van der Waals surface area contributed by atoms with Crippen molar-refractivity contribution in [3.8, 4) is 5.75 Å². The van der Waals surface area contributed by atoms with Gasteiger partial charge < -0.3 is 19.5 Å². The number of hydrogen-bond acceptors (Lipinski definition) is 6. The highest BCUT2D eigenvalue weighted by Gasteiger charge is 2.37. The van der Waals surface area contributed by atoms with Crippen LogP contribution in [-0.2, 0) is 23.9 Å². The van der Waals surface area contributed by atoms with E-state index >= 15 is 0 Å². The van der Waals surface area contributed by atoms with Gasteiger partial charge in [0.1, 0.15) is 5.75 Å². The van der Waals surface area contributed by atoms with Gasteiger partial charge in [-0.3, -0.25) is 14.4 Å². The zero-order valence-corrected chi connectivity index (χ0v) is 12.8. The first-order valence-electron chi connectivity index (χ1n) is 6.82. The van der Waals surface area contributed by atoms with E-state index in [1.165, 1.54) is 7.11 Å². The van der Waals surface area contributed by atoms with Crippen LogP contribution in [-0.4, -0.2) is 38.2 Å². The highest BCUT2D eigenvalue weighted by Crippen LogP contribution is 2.24. The summed E-state index contributed by atoms with van der Waals surface area (Å²) in [5, 5.41) is 2.47. The van der Waals surface area contributed by atoms with E-state index in [2.05, 4.69) is 5.32 Å². The number of methoxy groups -OCH3 is 1. The molecule has 7 nitrogen and oxygen atoms in total. The SMILES string of the molecule is CCOC(=O)C(C(=O)Nc1ccccc1OC)C(=O)OCC. The van der Waals surface area contributed by atoms with Gasteiger partial charge in [-0.1, -0.05) is 12.1 Å². The van der Waals surface area contributed by atoms with Crippen LogP contribution in [0.4, 0.5) is 5.69 Å². The molecule has 0 bridgehead atoms. The van der Waals surface area contributed by atoms with Crippen molar-refractivity contribution in [2.45, 2.75) is 13.8 Å². The average Bonchev–Trinajstić information content (AvgIpc) is 2.48. The van der Waals surface area contributed by atoms with Crippen LogP contribution in [0, 0.1) is 5.92 Å². The van der Waals surface area contributed by atoms with Crippen molar-refractivity contribution >= 4 is 23.5 Å². The quantitative estimate of drug-likeness (QED) is 0.604. The van der Waals surface area contributed by atoms with Crippen molar-refractivity contribution < 1.29 is 28.6 Å². The Bertz CT molecular complexity index is 525. The molecular weight excluding hydrogens is 290 g/mol. The summed E-state index contributed by atoms with van der Waals surface area (Å²) in [5.41, 5.74) is 0.341. The Morgan fingerprint density at radius 2 is 1.59 bits per heavy atom. The second kappa shape index (κ2) is 8.66. The summed E-state index contributed by atoms with van der Waals surface area (Å²) in [6.07, 6.45) is 0. The molecule has 0 spiro atoms. The van der Waals surface area contributed by atoms with E-state index < -0.39 is 23.8 Å². The third kappa shape index (κ3) is 4.47. The van der Waals surface area contributed by atoms with Crippen LogP contribution >= 0.6 is 0 Å². The number of amides is 1. The summed E-state index contributed by atoms with van der Waals surface area (Å²) in [4.78, 5) is 35.9. The minimum Gasteiger partial charge on any atom is -0.495 e. The molecule has 0 heterocycles. The number of carbonyl (C=O) groups is 3. The van der Waals surface area contributed by atoms with Gasteiger partial charge in [0.05, 0.1) is 26.0 Å². The second-order valence-corrected chi connectivity index (χ2v) is 4.13. The van der Waals surface area contributed by atoms with Gasteiger partial charge in [-0.05, 0) is 26.0 Å². The lowest BCUT2D eigenvalue weighted by atomic mass is 10.1. The predicted octanol–water partition coefficient (Wildman–Crippen LogP) is 1.38. The van der Waals surface area contributed by atoms with Crippen molar-refractivity contribution in [1.29, 1.82) is 0 Å². The number of esters is 2. The molecule has 0 atom stereocenters. The lowest BCUT2D eigenvalue weighted by molar-refractivity contribution is -0.163. The fraction of sp³-hybridized carbons (Fsp3) is 0.400. The van der Waals surface area contributed by atoms with E-state index in [9.17, 15) is 14.4 Å². The minimum atomic E-state index is -1.68. The van der Waals surface area contributed by atoms with Gasteiger partial charge in [-0.15, -0.1) is 0 Å². The van der Waals surface area contributed by atoms with E-state index in [0.717, 1.165) is 0 Å². The first-order chi connectivity index (χ1) is 10.5. The van der Waals surface area contributed by atoms with E-state index in [-0.39, 0.29) is 13.2 Å². The lowest BCUT2D eigenvalue weighted by Crippen LogP contribution is -2.38. The molecule has 0 radical (unpaired) electrons. The molecule has 0 aliphatic heterocycles. The molecule has 0 fully saturated rings. The van der Waals surface area contributed by atoms with Gasteiger partial charge in [0, 0.05) is 0 Å². The molecule has 120 valence electrons. The molecule has 0 aromatic heterocycles. The fourth-order valence-electron chi connectivity index (χ4n) is 1.71. The Morgan fingerprint density at radius 3 is 2.09 bits per heavy atom. The lowest BCUT2D eigenvalue weighted by Gasteiger charge is -2.15. The average molecular weight is 309 g/mol. The van der Waals surface area contributed by atoms with Crippen LogP contribution in [0.1, 0.15) is 13.8 Å². The van der Waals surface area contributed by atoms with Crippen molar-refractivity contribution in [1.82, 2.24) is 0 Å². The Hall–Kier alpha value is -2.57. The molecule has 7 heteroatoms. The van der Waals surface area contributed by atoms with Gasteiger partial charge in [0.2, 0.25) is 11.8 Å². The Morgan fingerprint density at radius 1 is 1.05 bits per heavy atom. The number of carbonyl (C=O) groups excluding carboxylic acids is 3. The van der Waals surface area contributed by atoms with Crippen LogP contribution < -0.4 is 10.1 Å². The van der Waals surface area contributed by atoms with Crippen molar-refractivity contribution in [2.24, 2.45) is 5.92 Å². The summed E-state index contributed by atoms with van der Waals surface area (Å²) < 4.78 is 14.6. The smallest absolute Gasteiger partial charge is 0.330 e. The minimum absolute atomic E-state index is 0.0523. The second-order valence-electron chi connectivity index (χ2n) is 4.13. The largest absolute Gasteiger partial charge is 0.495 e. The van der Waals surface area contributed by atoms with Crippen LogP contribution in [0.25, 0.3) is 0 Å². The first kappa shape index (κ1) is 17.5. The van der Waals surface area contributed by atoms with Crippen LogP contribution in [0.3, 0.4) is 0 Å². The zero-order chi connectivity index (χ0) is 16.5. The van der Waals surface area contributed by atoms with E-state index in [1.807, 2.05) is 0 Å². The molecule has 0 unspecified atom stereocenters. The monoisotopic (exact) mass is 309 g/mol. The Kier molecular flexibility index (Phi) is 6.88. The van der Waals surface area contributed by atoms with Gasteiger partial charge in [0.25, 0.3) is 0 Å². The maximum atomic E-state index is 12.2. The number of rotatable bonds is 7. The number of benzene rings is 1. The van der Waals surface area contributed by atoms with Crippen molar-refractivity contribution in [3.63, 3.8) is 0 Å². The summed E-state index contributed by atoms with van der Waals surface area (Å²) in [7, 11) is 1.44. The van der Waals surface area contributed by atoms with Crippen molar-refractivity contribution in [3.05, 3.63) is 24.3 Å². The number of hydrogen-bond donors (Lipinski definition) is 1. The Labute approximate surface area is 128 Å². The molecule has 1 aromatic carbocycles. The summed E-state index contributed by atoms with van der Waals surface area (Å²) in [6.45, 7) is 3.27. The third-order valence-electron chi connectivity index (χ3n) is 2.67. The molecule has 0 aliphatic carbocycles. The van der Waals surface area contributed by atoms with E-state index in [1.54, 1.807) is 38.1 Å². The van der Waals surface area contributed by atoms with Crippen molar-refractivity contribution in [2.75, 3.05) is 25.6 Å². The summed E-state index contributed by atoms with van der Waals surface area (Å²) in [6, 6.07) is 6.63. The number of anilines is 1. The van der Waals surface area contributed by atoms with Gasteiger partial charge in [-0.25, -0.2) is 0 Å². The number of para-hydroxylation sites is 2. The molecule has 1 aromatic rings. The van der Waals surface area contributed by atoms with E-state index in [0.29, 0.717) is 11.4 Å². The number of ether oxygens (including phenoxy) is 3. The van der Waals surface area contributed by atoms with Crippen LogP contribution in [0.5, 0.6) is 5.75 Å². The predicted molar refractivity (Wildman–Crippen MR) is 78.4 cm³/mol. The molecule has 0 aliphatic rings. The maximum absolute atomic E-state index is 12.2. The standard InChI is InChI=1S/C15H19NO6/c1-4-21-14(18)12(15(19)22-5-2)13(17)16-10-8-6-7-9-11(10)20-3/h6-9,12H,4-5H2,1-3H3,(H,16,17). The molecule has 0 saturated heterocycles. The van der Waals surface area contributed by atoms with Gasteiger partial charge >= 0.3 is 11.9 Å². The molecule has 1 rings (SSSR count). The summed E-state index contributed by atoms with van der Waals surface area (Å²) >= 11 is 0. The fourth-order valence-corrected chi connectivity index (χ4v) is 1.71. The van der Waals surface area contributed by atoms with Crippen LogP contribution in [0.2, 0.25) is 0 Å². The highest BCUT2D eigenvalue weighted by atomic mass is 16.6. The molecule has 0 saturated carbocycles. The molecule has 1 amide bonds. The molecular formula is C15H19NO6. The highest BCUT2D eigenvalue weighted by molar-refractivity contribution is 6.18. The normalized spacial score (nSPS) is 10.0. The van der Waals surface area contributed by atoms with Gasteiger partial charge in [-0.2, -0.15) is 0 Å². The molecule has 22 heavy (non-hydrogen) atoms. The first-order valence-corrected chi connectivity index (χ1v) is 6.82. The van der Waals surface area contributed by atoms with E-state index in [4.69, 9.17) is 14.2 Å².